The van der Waals surface area contributed by atoms with Crippen LogP contribution in [-0.2, 0) is 19.0 Å². The first-order valence-electron chi connectivity index (χ1n) is 7.77. The summed E-state index contributed by atoms with van der Waals surface area (Å²) in [6, 6.07) is -0.718. The number of nitrogens with one attached hydrogen (secondary N) is 1. The summed E-state index contributed by atoms with van der Waals surface area (Å²) < 4.78 is 15.4. The van der Waals surface area contributed by atoms with Crippen molar-refractivity contribution in [1.29, 1.82) is 0 Å². The number of ether oxygens (including phenoxy) is 3. The van der Waals surface area contributed by atoms with Crippen molar-refractivity contribution in [2.75, 3.05) is 20.8 Å². The van der Waals surface area contributed by atoms with Crippen molar-refractivity contribution in [2.24, 2.45) is 17.8 Å². The molecule has 1 amide bonds. The summed E-state index contributed by atoms with van der Waals surface area (Å²) in [4.78, 5) is 23.9. The third-order valence-corrected chi connectivity index (χ3v) is 6.38. The van der Waals surface area contributed by atoms with E-state index in [0.29, 0.717) is 22.8 Å². The summed E-state index contributed by atoms with van der Waals surface area (Å²) in [5, 5.41) is 2.79. The summed E-state index contributed by atoms with van der Waals surface area (Å²) in [6.45, 7) is 2.42. The van der Waals surface area contributed by atoms with Crippen LogP contribution in [-0.4, -0.2) is 48.6 Å². The fourth-order valence-electron chi connectivity index (χ4n) is 3.81. The Hall–Kier alpha value is -1.02. The molecule has 2 fully saturated rings. The van der Waals surface area contributed by atoms with Gasteiger partial charge in [-0.2, -0.15) is 0 Å². The number of methoxy groups -OCH3 is 2. The molecule has 0 aliphatic heterocycles. The second kappa shape index (κ2) is 8.19. The molecule has 2 bridgehead atoms. The van der Waals surface area contributed by atoms with Gasteiger partial charge in [-0.1, -0.05) is 11.8 Å². The van der Waals surface area contributed by atoms with E-state index in [4.69, 9.17) is 21.7 Å². The first-order valence-corrected chi connectivity index (χ1v) is 9.06. The van der Waals surface area contributed by atoms with Crippen LogP contribution in [0.2, 0.25) is 0 Å². The van der Waals surface area contributed by atoms with Crippen LogP contribution in [0.15, 0.2) is 0 Å². The molecular formula is C15H23NO5S2. The number of thiocarbonyl (C=S) groups is 1. The molecular weight excluding hydrogens is 338 g/mol. The van der Waals surface area contributed by atoms with Gasteiger partial charge in [-0.05, 0) is 50.2 Å². The van der Waals surface area contributed by atoms with Crippen LogP contribution >= 0.6 is 24.0 Å². The molecule has 2 aliphatic carbocycles. The summed E-state index contributed by atoms with van der Waals surface area (Å²) in [6.07, 6.45) is 2.61. The van der Waals surface area contributed by atoms with Gasteiger partial charge in [0, 0.05) is 11.2 Å². The Kier molecular flexibility index (Phi) is 6.52. The second-order valence-corrected chi connectivity index (χ2v) is 7.59. The Morgan fingerprint density at radius 2 is 1.96 bits per heavy atom. The van der Waals surface area contributed by atoms with Crippen LogP contribution in [0.4, 0.5) is 4.79 Å². The van der Waals surface area contributed by atoms with Gasteiger partial charge in [0.2, 0.25) is 4.38 Å². The molecule has 1 N–H and O–H groups in total. The predicted octanol–water partition coefficient (Wildman–Crippen LogP) is 2.35. The van der Waals surface area contributed by atoms with Crippen molar-refractivity contribution in [3.05, 3.63) is 0 Å². The Morgan fingerprint density at radius 1 is 1.26 bits per heavy atom. The lowest BCUT2D eigenvalue weighted by Gasteiger charge is -2.34. The van der Waals surface area contributed by atoms with Crippen LogP contribution in [0.1, 0.15) is 26.2 Å². The highest BCUT2D eigenvalue weighted by molar-refractivity contribution is 8.23. The lowest BCUT2D eigenvalue weighted by molar-refractivity contribution is -0.145. The minimum absolute atomic E-state index is 0.0243. The maximum Gasteiger partial charge on any atom is 0.407 e. The molecule has 8 heteroatoms. The maximum absolute atomic E-state index is 12.2. The van der Waals surface area contributed by atoms with Crippen molar-refractivity contribution in [3.63, 3.8) is 0 Å². The molecule has 0 aromatic heterocycles. The molecule has 2 saturated carbocycles. The van der Waals surface area contributed by atoms with E-state index in [0.717, 1.165) is 19.3 Å². The van der Waals surface area contributed by atoms with Gasteiger partial charge in [-0.15, -0.1) is 0 Å². The SMILES string of the molecule is CCOC(=S)S[C@H]1[C@H]2CC[C@H](C2)[C@@H]1C(NC(=O)OC)C(=O)OC. The quantitative estimate of drug-likeness (QED) is 0.595. The van der Waals surface area contributed by atoms with Gasteiger partial charge in [0.25, 0.3) is 0 Å². The molecule has 0 aromatic carbocycles. The van der Waals surface area contributed by atoms with Crippen molar-refractivity contribution < 1.29 is 23.8 Å². The first kappa shape index (κ1) is 18.3. The molecule has 1 unspecified atom stereocenters. The summed E-state index contributed by atoms with van der Waals surface area (Å²) in [5.74, 6) is 0.396. The van der Waals surface area contributed by atoms with Gasteiger partial charge in [0.1, 0.15) is 6.04 Å². The first-order chi connectivity index (χ1) is 11.0. The molecule has 6 nitrogen and oxygen atoms in total. The zero-order valence-electron chi connectivity index (χ0n) is 13.6. The van der Waals surface area contributed by atoms with Crippen LogP contribution in [0.25, 0.3) is 0 Å². The molecule has 0 aromatic rings. The number of alkyl carbamates (subject to hydrolysis) is 1. The summed E-state index contributed by atoms with van der Waals surface area (Å²) >= 11 is 6.77. The number of esters is 1. The molecule has 2 rings (SSSR count). The Bertz CT molecular complexity index is 473. The van der Waals surface area contributed by atoms with Gasteiger partial charge in [0.15, 0.2) is 0 Å². The largest absolute Gasteiger partial charge is 0.479 e. The van der Waals surface area contributed by atoms with Crippen LogP contribution < -0.4 is 5.32 Å². The highest BCUT2D eigenvalue weighted by Crippen LogP contribution is 2.54. The van der Waals surface area contributed by atoms with E-state index >= 15 is 0 Å². The van der Waals surface area contributed by atoms with Crippen molar-refractivity contribution in [2.45, 2.75) is 37.5 Å². The summed E-state index contributed by atoms with van der Waals surface area (Å²) in [5.41, 5.74) is 0. The lowest BCUT2D eigenvalue weighted by atomic mass is 9.82. The second-order valence-electron chi connectivity index (χ2n) is 5.81. The van der Waals surface area contributed by atoms with Gasteiger partial charge in [-0.3, -0.25) is 0 Å². The zero-order valence-corrected chi connectivity index (χ0v) is 15.2. The van der Waals surface area contributed by atoms with E-state index in [1.54, 1.807) is 0 Å². The van der Waals surface area contributed by atoms with Gasteiger partial charge in [0.05, 0.1) is 20.8 Å². The normalized spacial score (nSPS) is 29.7. The zero-order chi connectivity index (χ0) is 17.0. The number of carbonyl (C=O) groups is 2. The number of carbonyl (C=O) groups excluding carboxylic acids is 2. The topological polar surface area (TPSA) is 73.9 Å². The van der Waals surface area contributed by atoms with E-state index in [9.17, 15) is 9.59 Å². The Morgan fingerprint density at radius 3 is 2.57 bits per heavy atom. The Labute approximate surface area is 146 Å². The molecule has 0 heterocycles. The van der Waals surface area contributed by atoms with Gasteiger partial charge >= 0.3 is 12.1 Å². The third-order valence-electron chi connectivity index (χ3n) is 4.70. The third kappa shape index (κ3) is 4.09. The lowest BCUT2D eigenvalue weighted by Crippen LogP contribution is -2.51. The van der Waals surface area contributed by atoms with E-state index < -0.39 is 18.1 Å². The van der Waals surface area contributed by atoms with Crippen molar-refractivity contribution in [3.8, 4) is 0 Å². The standard InChI is InChI=1S/C15H23NO5S2/c1-4-21-15(22)23-12-9-6-5-8(7-9)10(12)11(13(17)19-2)16-14(18)20-3/h8-12H,4-7H2,1-3H3,(H,16,18)/t8-,9+,10-,11?,12+/m1/s1. The number of fused-ring (bicyclic) bond motifs is 2. The Balaban J connectivity index is 2.18. The monoisotopic (exact) mass is 361 g/mol. The number of hydrogen-bond donors (Lipinski definition) is 1. The molecule has 0 radical (unpaired) electrons. The van der Waals surface area contributed by atoms with E-state index in [-0.39, 0.29) is 11.2 Å². The van der Waals surface area contributed by atoms with E-state index in [1.165, 1.54) is 26.0 Å². The molecule has 0 saturated heterocycles. The number of thioether (sulfide) groups is 1. The van der Waals surface area contributed by atoms with E-state index in [1.807, 2.05) is 6.92 Å². The average Bonchev–Trinajstić information content (AvgIpc) is 3.13. The molecule has 130 valence electrons. The average molecular weight is 361 g/mol. The van der Waals surface area contributed by atoms with Crippen LogP contribution in [0.3, 0.4) is 0 Å². The van der Waals surface area contributed by atoms with Gasteiger partial charge in [-0.25, -0.2) is 9.59 Å². The van der Waals surface area contributed by atoms with Crippen LogP contribution in [0.5, 0.6) is 0 Å². The van der Waals surface area contributed by atoms with E-state index in [2.05, 4.69) is 10.1 Å². The van der Waals surface area contributed by atoms with Crippen molar-refractivity contribution >= 4 is 40.4 Å². The smallest absolute Gasteiger partial charge is 0.407 e. The molecule has 0 spiro atoms. The molecule has 5 atom stereocenters. The summed E-state index contributed by atoms with van der Waals surface area (Å²) in [7, 11) is 2.61. The minimum Gasteiger partial charge on any atom is -0.479 e. The fraction of sp³-hybridized carbons (Fsp3) is 0.800. The minimum atomic E-state index is -0.718. The molecule has 23 heavy (non-hydrogen) atoms. The number of hydrogen-bond acceptors (Lipinski definition) is 7. The maximum atomic E-state index is 12.2. The van der Waals surface area contributed by atoms with Gasteiger partial charge < -0.3 is 19.5 Å². The number of amides is 1. The highest BCUT2D eigenvalue weighted by Gasteiger charge is 2.53. The number of rotatable bonds is 5. The highest BCUT2D eigenvalue weighted by atomic mass is 32.2. The van der Waals surface area contributed by atoms with Crippen LogP contribution in [0, 0.1) is 17.8 Å². The molecule has 2 aliphatic rings. The predicted molar refractivity (Wildman–Crippen MR) is 91.3 cm³/mol. The van der Waals surface area contributed by atoms with Crippen molar-refractivity contribution in [1.82, 2.24) is 5.32 Å². The fourth-order valence-corrected chi connectivity index (χ4v) is 5.64.